The molecule has 0 saturated heterocycles. The fraction of sp³-hybridized carbons (Fsp3) is 0.294. The first kappa shape index (κ1) is 15.4. The molecule has 0 aliphatic carbocycles. The van der Waals surface area contributed by atoms with E-state index in [2.05, 4.69) is 55.1 Å². The van der Waals surface area contributed by atoms with Crippen LogP contribution in [0, 0.1) is 13.8 Å². The Labute approximate surface area is 128 Å². The van der Waals surface area contributed by atoms with Crippen molar-refractivity contribution in [2.24, 2.45) is 4.99 Å². The van der Waals surface area contributed by atoms with Crippen LogP contribution in [0.1, 0.15) is 16.8 Å². The molecular formula is C17H21N2OSi. The zero-order valence-electron chi connectivity index (χ0n) is 13.1. The molecule has 3 nitrogen and oxygen atoms in total. The van der Waals surface area contributed by atoms with Crippen LogP contribution in [0.5, 0.6) is 5.75 Å². The first-order valence-electron chi connectivity index (χ1n) is 7.08. The van der Waals surface area contributed by atoms with Crippen LogP contribution >= 0.6 is 0 Å². The van der Waals surface area contributed by atoms with Gasteiger partial charge in [0.2, 0.25) is 0 Å². The zero-order valence-corrected chi connectivity index (χ0v) is 14.1. The van der Waals surface area contributed by atoms with E-state index in [1.807, 2.05) is 24.5 Å². The van der Waals surface area contributed by atoms with E-state index in [9.17, 15) is 0 Å². The summed E-state index contributed by atoms with van der Waals surface area (Å²) in [5.74, 6) is 0.878. The second-order valence-corrected chi connectivity index (χ2v) is 7.28. The highest BCUT2D eigenvalue weighted by Gasteiger charge is 2.06. The molecule has 0 spiro atoms. The fourth-order valence-electron chi connectivity index (χ4n) is 1.99. The number of nitrogens with zero attached hydrogens (tertiary/aromatic N) is 2. The van der Waals surface area contributed by atoms with Crippen LogP contribution in [-0.2, 0) is 6.42 Å². The maximum Gasteiger partial charge on any atom is 0.274 e. The van der Waals surface area contributed by atoms with Crippen LogP contribution in [0.25, 0.3) is 0 Å². The Morgan fingerprint density at radius 3 is 2.76 bits per heavy atom. The lowest BCUT2D eigenvalue weighted by Gasteiger charge is -2.11. The van der Waals surface area contributed by atoms with Gasteiger partial charge in [0.15, 0.2) is 0 Å². The lowest BCUT2D eigenvalue weighted by molar-refractivity contribution is 0.581. The molecule has 1 radical (unpaired) electrons. The van der Waals surface area contributed by atoms with E-state index >= 15 is 0 Å². The molecular weight excluding hydrogens is 276 g/mol. The maximum atomic E-state index is 5.93. The van der Waals surface area contributed by atoms with Crippen LogP contribution in [0.3, 0.4) is 0 Å². The van der Waals surface area contributed by atoms with Crippen LogP contribution < -0.4 is 4.43 Å². The molecule has 1 aromatic heterocycles. The number of hydrogen-bond donors (Lipinski definition) is 0. The third-order valence-corrected chi connectivity index (χ3v) is 3.69. The van der Waals surface area contributed by atoms with Crippen molar-refractivity contribution >= 4 is 20.9 Å². The Morgan fingerprint density at radius 1 is 1.24 bits per heavy atom. The second-order valence-electron chi connectivity index (χ2n) is 5.26. The summed E-state index contributed by atoms with van der Waals surface area (Å²) >= 11 is 0. The predicted molar refractivity (Wildman–Crippen MR) is 90.1 cm³/mol. The lowest BCUT2D eigenvalue weighted by Crippen LogP contribution is -2.11. The van der Waals surface area contributed by atoms with Gasteiger partial charge in [-0.05, 0) is 56.3 Å². The molecule has 21 heavy (non-hydrogen) atoms. The Morgan fingerprint density at radius 2 is 2.05 bits per heavy atom. The molecule has 2 rings (SSSR count). The molecule has 0 atom stereocenters. The van der Waals surface area contributed by atoms with Crippen molar-refractivity contribution in [3.63, 3.8) is 0 Å². The van der Waals surface area contributed by atoms with Crippen LogP contribution in [-0.4, -0.2) is 20.2 Å². The van der Waals surface area contributed by atoms with Gasteiger partial charge in [0.1, 0.15) is 11.4 Å². The molecule has 1 aromatic carbocycles. The monoisotopic (exact) mass is 297 g/mol. The number of hydrogen-bond acceptors (Lipinski definition) is 3. The predicted octanol–water partition coefficient (Wildman–Crippen LogP) is 4.27. The highest BCUT2D eigenvalue weighted by Crippen LogP contribution is 2.28. The van der Waals surface area contributed by atoms with Gasteiger partial charge in [0.25, 0.3) is 9.04 Å². The third-order valence-electron chi connectivity index (χ3n) is 3.06. The van der Waals surface area contributed by atoms with Crippen molar-refractivity contribution in [1.29, 1.82) is 0 Å². The SMILES string of the molecule is Cc1ccc(N=CCc2ncccc2C)c(O[Si](C)C)c1. The van der Waals surface area contributed by atoms with Gasteiger partial charge in [-0.15, -0.1) is 0 Å². The Kier molecular flexibility index (Phi) is 5.28. The van der Waals surface area contributed by atoms with E-state index in [-0.39, 0.29) is 0 Å². The number of rotatable bonds is 5. The molecule has 2 aromatic rings. The quantitative estimate of drug-likeness (QED) is 0.610. The van der Waals surface area contributed by atoms with Gasteiger partial charge in [-0.25, -0.2) is 0 Å². The van der Waals surface area contributed by atoms with E-state index in [1.165, 1.54) is 11.1 Å². The van der Waals surface area contributed by atoms with Crippen molar-refractivity contribution < 1.29 is 4.43 Å². The maximum absolute atomic E-state index is 5.93. The van der Waals surface area contributed by atoms with E-state index in [0.717, 1.165) is 23.6 Å². The highest BCUT2D eigenvalue weighted by atomic mass is 28.3. The molecule has 0 amide bonds. The molecule has 0 aliphatic heterocycles. The van der Waals surface area contributed by atoms with Crippen molar-refractivity contribution in [3.05, 3.63) is 53.3 Å². The Balaban J connectivity index is 2.15. The lowest BCUT2D eigenvalue weighted by atomic mass is 10.2. The van der Waals surface area contributed by atoms with Crippen molar-refractivity contribution in [2.45, 2.75) is 33.4 Å². The van der Waals surface area contributed by atoms with Gasteiger partial charge < -0.3 is 4.43 Å². The first-order valence-corrected chi connectivity index (χ1v) is 9.49. The summed E-state index contributed by atoms with van der Waals surface area (Å²) in [6.45, 7) is 8.38. The van der Waals surface area contributed by atoms with E-state index in [0.29, 0.717) is 0 Å². The van der Waals surface area contributed by atoms with E-state index in [4.69, 9.17) is 4.43 Å². The summed E-state index contributed by atoms with van der Waals surface area (Å²) in [5, 5.41) is 0. The van der Waals surface area contributed by atoms with Crippen LogP contribution in [0.15, 0.2) is 41.5 Å². The van der Waals surface area contributed by atoms with Gasteiger partial charge in [0.05, 0.1) is 0 Å². The minimum absolute atomic E-state index is 0.732. The summed E-state index contributed by atoms with van der Waals surface area (Å²) in [5.41, 5.74) is 4.33. The summed E-state index contributed by atoms with van der Waals surface area (Å²) in [7, 11) is -0.795. The van der Waals surface area contributed by atoms with Crippen molar-refractivity contribution in [3.8, 4) is 5.75 Å². The summed E-state index contributed by atoms with van der Waals surface area (Å²) in [6.07, 6.45) is 4.46. The molecule has 0 fully saturated rings. The van der Waals surface area contributed by atoms with Gasteiger partial charge in [-0.3, -0.25) is 9.98 Å². The highest BCUT2D eigenvalue weighted by molar-refractivity contribution is 6.49. The molecule has 0 aliphatic rings. The number of aromatic nitrogens is 1. The first-order chi connectivity index (χ1) is 10.1. The largest absolute Gasteiger partial charge is 0.541 e. The number of benzene rings is 1. The third kappa shape index (κ3) is 4.53. The topological polar surface area (TPSA) is 34.5 Å². The number of aliphatic imine (C=N–C) groups is 1. The Hall–Kier alpha value is -1.94. The average Bonchev–Trinajstić information content (AvgIpc) is 2.42. The van der Waals surface area contributed by atoms with Gasteiger partial charge in [-0.1, -0.05) is 12.1 Å². The van der Waals surface area contributed by atoms with Crippen LogP contribution in [0.4, 0.5) is 5.69 Å². The van der Waals surface area contributed by atoms with Gasteiger partial charge >= 0.3 is 0 Å². The smallest absolute Gasteiger partial charge is 0.274 e. The minimum atomic E-state index is -0.795. The van der Waals surface area contributed by atoms with Crippen molar-refractivity contribution in [1.82, 2.24) is 4.98 Å². The molecule has 0 saturated carbocycles. The average molecular weight is 297 g/mol. The zero-order chi connectivity index (χ0) is 15.2. The summed E-state index contributed by atoms with van der Waals surface area (Å²) < 4.78 is 5.93. The van der Waals surface area contributed by atoms with Crippen molar-refractivity contribution in [2.75, 3.05) is 0 Å². The summed E-state index contributed by atoms with van der Waals surface area (Å²) in [6, 6.07) is 10.1. The number of aryl methyl sites for hydroxylation is 2. The van der Waals surface area contributed by atoms with E-state index < -0.39 is 9.04 Å². The van der Waals surface area contributed by atoms with Gasteiger partial charge in [0, 0.05) is 24.5 Å². The second kappa shape index (κ2) is 7.18. The van der Waals surface area contributed by atoms with E-state index in [1.54, 1.807) is 0 Å². The summed E-state index contributed by atoms with van der Waals surface area (Å²) in [4.78, 5) is 8.94. The standard InChI is InChI=1S/C17H21N2OSi/c1-13-7-8-16(17(12-13)20-21(3)4)19-11-9-15-14(2)6-5-10-18-15/h5-8,10-12H,9H2,1-4H3. The molecule has 1 heterocycles. The molecule has 109 valence electrons. The molecule has 0 unspecified atom stereocenters. The minimum Gasteiger partial charge on any atom is -0.541 e. The fourth-order valence-corrected chi connectivity index (χ4v) is 2.60. The molecule has 0 bridgehead atoms. The Bertz CT molecular complexity index is 638. The molecule has 0 N–H and O–H groups in total. The normalized spacial score (nSPS) is 11.3. The van der Waals surface area contributed by atoms with Gasteiger partial charge in [-0.2, -0.15) is 0 Å². The number of pyridine rings is 1. The van der Waals surface area contributed by atoms with Crippen LogP contribution in [0.2, 0.25) is 13.1 Å². The molecule has 4 heteroatoms.